The van der Waals surface area contributed by atoms with Crippen LogP contribution in [0.4, 0.5) is 3.89 Å². The minimum Gasteiger partial charge on any atom is -0.456 e. The topological polar surface area (TPSA) is 43.4 Å². The molecule has 0 atom stereocenters. The highest BCUT2D eigenvalue weighted by molar-refractivity contribution is 7.86. The van der Waals surface area contributed by atoms with Crippen molar-refractivity contribution >= 4 is 21.8 Å². The molecule has 0 aliphatic rings. The van der Waals surface area contributed by atoms with Gasteiger partial charge in [-0.25, -0.2) is 0 Å². The summed E-state index contributed by atoms with van der Waals surface area (Å²) >= 11 is 5.90. The zero-order valence-corrected chi connectivity index (χ0v) is 10.6. The van der Waals surface area contributed by atoms with Crippen LogP contribution in [0, 0.1) is 0 Å². The zero-order valence-electron chi connectivity index (χ0n) is 9.01. The van der Waals surface area contributed by atoms with Crippen molar-refractivity contribution in [1.29, 1.82) is 0 Å². The zero-order chi connectivity index (χ0) is 13.2. The Labute approximate surface area is 109 Å². The van der Waals surface area contributed by atoms with Crippen LogP contribution >= 0.6 is 11.6 Å². The molecule has 2 aromatic rings. The molecule has 0 aliphatic heterocycles. The van der Waals surface area contributed by atoms with E-state index in [4.69, 9.17) is 16.3 Å². The molecule has 94 valence electrons. The van der Waals surface area contributed by atoms with E-state index in [0.29, 0.717) is 16.5 Å². The Hall–Kier alpha value is -1.59. The summed E-state index contributed by atoms with van der Waals surface area (Å²) in [5, 5.41) is 0.430. The fraction of sp³-hybridized carbons (Fsp3) is 0. The summed E-state index contributed by atoms with van der Waals surface area (Å²) in [6, 6.07) is 11.8. The summed E-state index contributed by atoms with van der Waals surface area (Å²) in [6.07, 6.45) is 0. The van der Waals surface area contributed by atoms with Crippen LogP contribution in [0.5, 0.6) is 11.5 Å². The van der Waals surface area contributed by atoms with Gasteiger partial charge in [-0.1, -0.05) is 23.7 Å². The minimum absolute atomic E-state index is 0.371. The summed E-state index contributed by atoms with van der Waals surface area (Å²) in [6.45, 7) is 0. The highest BCUT2D eigenvalue weighted by atomic mass is 35.5. The van der Waals surface area contributed by atoms with Crippen molar-refractivity contribution in [3.05, 3.63) is 53.6 Å². The molecule has 0 radical (unpaired) electrons. The van der Waals surface area contributed by atoms with Crippen molar-refractivity contribution in [3.8, 4) is 11.5 Å². The Bertz CT molecular complexity index is 653. The maximum Gasteiger partial charge on any atom is 0.332 e. The van der Waals surface area contributed by atoms with Crippen LogP contribution in [0.3, 0.4) is 0 Å². The van der Waals surface area contributed by atoms with Crippen LogP contribution in [0.25, 0.3) is 0 Å². The number of hydrogen-bond donors (Lipinski definition) is 0. The lowest BCUT2D eigenvalue weighted by molar-refractivity contribution is 0.482. The summed E-state index contributed by atoms with van der Waals surface area (Å²) in [5.74, 6) is 0.811. The van der Waals surface area contributed by atoms with Gasteiger partial charge in [-0.05, 0) is 36.4 Å². The molecule has 0 N–H and O–H groups in total. The molecule has 3 nitrogen and oxygen atoms in total. The van der Waals surface area contributed by atoms with Crippen LogP contribution in [0.1, 0.15) is 0 Å². The van der Waals surface area contributed by atoms with Gasteiger partial charge in [0.05, 0.1) is 9.92 Å². The lowest BCUT2D eigenvalue weighted by atomic mass is 10.3. The maximum absolute atomic E-state index is 12.7. The fourth-order valence-corrected chi connectivity index (χ4v) is 1.96. The van der Waals surface area contributed by atoms with Crippen molar-refractivity contribution in [2.75, 3.05) is 0 Å². The van der Waals surface area contributed by atoms with E-state index >= 15 is 0 Å². The molecular weight excluding hydrogens is 279 g/mol. The lowest BCUT2D eigenvalue weighted by Crippen LogP contribution is -1.91. The van der Waals surface area contributed by atoms with Crippen molar-refractivity contribution in [1.82, 2.24) is 0 Å². The summed E-state index contributed by atoms with van der Waals surface area (Å²) in [7, 11) is -4.68. The third kappa shape index (κ3) is 3.00. The molecule has 0 unspecified atom stereocenters. The van der Waals surface area contributed by atoms with E-state index in [-0.39, 0.29) is 0 Å². The fourth-order valence-electron chi connectivity index (χ4n) is 1.32. The molecular formula is C12H8ClFO3S. The van der Waals surface area contributed by atoms with Gasteiger partial charge in [0.2, 0.25) is 0 Å². The number of rotatable bonds is 3. The summed E-state index contributed by atoms with van der Waals surface area (Å²) in [4.78, 5) is -0.408. The van der Waals surface area contributed by atoms with Crippen LogP contribution in [0.2, 0.25) is 5.02 Å². The Morgan fingerprint density at radius 2 is 1.61 bits per heavy atom. The van der Waals surface area contributed by atoms with Crippen LogP contribution in [-0.2, 0) is 10.2 Å². The van der Waals surface area contributed by atoms with Crippen molar-refractivity contribution < 1.29 is 17.0 Å². The standard InChI is InChI=1S/C12H8ClFO3S/c13-11-3-1-2-4-12(11)17-9-5-7-10(8-6-9)18(14,15)16/h1-8H. The molecule has 0 heterocycles. The SMILES string of the molecule is O=S(=O)(F)c1ccc(Oc2ccccc2Cl)cc1. The Morgan fingerprint density at radius 3 is 2.17 bits per heavy atom. The normalized spacial score (nSPS) is 11.2. The van der Waals surface area contributed by atoms with Gasteiger partial charge in [0.25, 0.3) is 0 Å². The van der Waals surface area contributed by atoms with Gasteiger partial charge in [0.15, 0.2) is 0 Å². The lowest BCUT2D eigenvalue weighted by Gasteiger charge is -2.07. The van der Waals surface area contributed by atoms with Crippen LogP contribution in [0.15, 0.2) is 53.4 Å². The highest BCUT2D eigenvalue weighted by Gasteiger charge is 2.11. The Morgan fingerprint density at radius 1 is 1.00 bits per heavy atom. The summed E-state index contributed by atoms with van der Waals surface area (Å²) in [5.41, 5.74) is 0. The molecule has 2 aromatic carbocycles. The van der Waals surface area contributed by atoms with Gasteiger partial charge >= 0.3 is 10.2 Å². The van der Waals surface area contributed by atoms with E-state index in [0.717, 1.165) is 12.1 Å². The largest absolute Gasteiger partial charge is 0.456 e. The van der Waals surface area contributed by atoms with Crippen LogP contribution < -0.4 is 4.74 Å². The van der Waals surface area contributed by atoms with E-state index in [1.165, 1.54) is 12.1 Å². The monoisotopic (exact) mass is 286 g/mol. The first-order valence-corrected chi connectivity index (χ1v) is 6.70. The first kappa shape index (κ1) is 12.9. The average Bonchev–Trinajstić information content (AvgIpc) is 2.32. The number of hydrogen-bond acceptors (Lipinski definition) is 3. The third-order valence-corrected chi connectivity index (χ3v) is 3.32. The third-order valence-electron chi connectivity index (χ3n) is 2.17. The van der Waals surface area contributed by atoms with Gasteiger partial charge in [0, 0.05) is 0 Å². The van der Waals surface area contributed by atoms with E-state index in [1.54, 1.807) is 24.3 Å². The smallest absolute Gasteiger partial charge is 0.332 e. The second kappa shape index (κ2) is 4.96. The minimum atomic E-state index is -4.68. The number of ether oxygens (including phenoxy) is 1. The second-order valence-electron chi connectivity index (χ2n) is 3.44. The van der Waals surface area contributed by atoms with Crippen molar-refractivity contribution in [3.63, 3.8) is 0 Å². The molecule has 0 saturated carbocycles. The predicted octanol–water partition coefficient (Wildman–Crippen LogP) is 3.79. The number of halogens is 2. The molecule has 0 saturated heterocycles. The maximum atomic E-state index is 12.7. The van der Waals surface area contributed by atoms with Gasteiger partial charge in [0.1, 0.15) is 11.5 Å². The van der Waals surface area contributed by atoms with E-state index in [2.05, 4.69) is 0 Å². The molecule has 0 bridgehead atoms. The van der Waals surface area contributed by atoms with Gasteiger partial charge in [-0.2, -0.15) is 8.42 Å². The first-order valence-electron chi connectivity index (χ1n) is 4.94. The predicted molar refractivity (Wildman–Crippen MR) is 66.3 cm³/mol. The molecule has 0 fully saturated rings. The number of benzene rings is 2. The molecule has 0 amide bonds. The van der Waals surface area contributed by atoms with E-state index < -0.39 is 15.1 Å². The summed E-state index contributed by atoms with van der Waals surface area (Å²) < 4.78 is 39.3. The molecule has 0 spiro atoms. The Kier molecular flexibility index (Phi) is 3.54. The average molecular weight is 287 g/mol. The molecule has 2 rings (SSSR count). The molecule has 18 heavy (non-hydrogen) atoms. The first-order chi connectivity index (χ1) is 8.47. The van der Waals surface area contributed by atoms with Gasteiger partial charge in [-0.15, -0.1) is 3.89 Å². The molecule has 0 aromatic heterocycles. The van der Waals surface area contributed by atoms with Crippen molar-refractivity contribution in [2.45, 2.75) is 4.90 Å². The quantitative estimate of drug-likeness (QED) is 0.806. The van der Waals surface area contributed by atoms with E-state index in [1.807, 2.05) is 0 Å². The van der Waals surface area contributed by atoms with Crippen LogP contribution in [-0.4, -0.2) is 8.42 Å². The highest BCUT2D eigenvalue weighted by Crippen LogP contribution is 2.29. The van der Waals surface area contributed by atoms with Crippen molar-refractivity contribution in [2.24, 2.45) is 0 Å². The van der Waals surface area contributed by atoms with E-state index in [9.17, 15) is 12.3 Å². The Balaban J connectivity index is 2.24. The molecule has 0 aliphatic carbocycles. The van der Waals surface area contributed by atoms with Gasteiger partial charge in [-0.3, -0.25) is 0 Å². The second-order valence-corrected chi connectivity index (χ2v) is 5.20. The molecule has 6 heteroatoms. The number of para-hydroxylation sites is 1. The van der Waals surface area contributed by atoms with Gasteiger partial charge < -0.3 is 4.74 Å².